The highest BCUT2D eigenvalue weighted by Gasteiger charge is 2.15. The number of hydrogen-bond acceptors (Lipinski definition) is 4. The second kappa shape index (κ2) is 25.4. The summed E-state index contributed by atoms with van der Waals surface area (Å²) in [5.41, 5.74) is 4.84. The smallest absolute Gasteiger partial charge is 0.103 e. The summed E-state index contributed by atoms with van der Waals surface area (Å²) in [7, 11) is 0. The number of unbranched alkanes of at least 4 members (excludes halogenated alkanes) is 22. The molecule has 0 bridgehead atoms. The minimum absolute atomic E-state index is 1.01. The molecule has 0 amide bonds. The Labute approximate surface area is 307 Å². The van der Waals surface area contributed by atoms with Gasteiger partial charge in [-0.05, 0) is 92.9 Å². The fourth-order valence-electron chi connectivity index (χ4n) is 6.48. The van der Waals surface area contributed by atoms with E-state index in [1.807, 2.05) is 0 Å². The molecular weight excluding hydrogens is 732 g/mol. The zero-order valence-electron chi connectivity index (χ0n) is 29.2. The van der Waals surface area contributed by atoms with Gasteiger partial charge in [0.25, 0.3) is 0 Å². The van der Waals surface area contributed by atoms with Crippen LogP contribution in [0.25, 0.3) is 21.1 Å². The fourth-order valence-corrected chi connectivity index (χ4v) is 9.81. The minimum atomic E-state index is 1.01. The largest absolute Gasteiger partial charge is 0.149 e. The van der Waals surface area contributed by atoms with Crippen molar-refractivity contribution in [3.05, 3.63) is 43.0 Å². The van der Waals surface area contributed by atoms with E-state index in [2.05, 4.69) is 70.0 Å². The van der Waals surface area contributed by atoms with Gasteiger partial charge in [-0.2, -0.15) is 0 Å². The second-order valence-corrected chi connectivity index (χ2v) is 18.3. The van der Waals surface area contributed by atoms with Crippen LogP contribution in [0.4, 0.5) is 0 Å². The van der Waals surface area contributed by atoms with Crippen molar-refractivity contribution in [1.29, 1.82) is 0 Å². The van der Waals surface area contributed by atoms with Gasteiger partial charge in [-0.3, -0.25) is 0 Å². The van der Waals surface area contributed by atoms with Crippen molar-refractivity contribution in [3.8, 4) is 21.1 Å². The van der Waals surface area contributed by atoms with Crippen molar-refractivity contribution < 1.29 is 0 Å². The average molecular weight is 795 g/mol. The summed E-state index contributed by atoms with van der Waals surface area (Å²) in [4.78, 5) is 2.55. The number of thiophene rings is 2. The number of nitrogens with zero attached hydrogens (tertiary/aromatic N) is 2. The quantitative estimate of drug-likeness (QED) is 0.0684. The average Bonchev–Trinajstić information content (AvgIpc) is 3.63. The van der Waals surface area contributed by atoms with Gasteiger partial charge in [0.1, 0.15) is 11.4 Å². The van der Waals surface area contributed by atoms with Crippen molar-refractivity contribution >= 4 is 54.5 Å². The molecule has 3 rings (SSSR count). The molecule has 6 heteroatoms. The molecule has 46 heavy (non-hydrogen) atoms. The Morgan fingerprint density at radius 1 is 0.435 bits per heavy atom. The van der Waals surface area contributed by atoms with Crippen LogP contribution in [0.5, 0.6) is 0 Å². The predicted molar refractivity (Wildman–Crippen MR) is 214 cm³/mol. The highest BCUT2D eigenvalue weighted by atomic mass is 79.9. The van der Waals surface area contributed by atoms with Crippen LogP contribution in [0.15, 0.2) is 31.8 Å². The molecule has 0 aliphatic carbocycles. The van der Waals surface area contributed by atoms with E-state index < -0.39 is 0 Å². The van der Waals surface area contributed by atoms with E-state index in [-0.39, 0.29) is 0 Å². The Kier molecular flexibility index (Phi) is 22.0. The lowest BCUT2D eigenvalue weighted by molar-refractivity contribution is 0.544. The maximum atomic E-state index is 4.76. The van der Waals surface area contributed by atoms with Gasteiger partial charge in [0, 0.05) is 0 Å². The van der Waals surface area contributed by atoms with E-state index >= 15 is 0 Å². The molecule has 0 saturated carbocycles. The summed E-state index contributed by atoms with van der Waals surface area (Å²) in [5.74, 6) is 0. The monoisotopic (exact) mass is 792 g/mol. The third kappa shape index (κ3) is 16.2. The van der Waals surface area contributed by atoms with Crippen LogP contribution in [0.2, 0.25) is 0 Å². The molecule has 3 aromatic rings. The van der Waals surface area contributed by atoms with E-state index in [9.17, 15) is 0 Å². The molecule has 0 saturated heterocycles. The predicted octanol–water partition coefficient (Wildman–Crippen LogP) is 15.9. The van der Waals surface area contributed by atoms with E-state index in [1.54, 1.807) is 22.7 Å². The van der Waals surface area contributed by atoms with Crippen LogP contribution < -0.4 is 0 Å². The fraction of sp³-hybridized carbons (Fsp3) is 0.700. The molecule has 0 aliphatic rings. The van der Waals surface area contributed by atoms with Crippen molar-refractivity contribution in [3.63, 3.8) is 0 Å². The van der Waals surface area contributed by atoms with Crippen LogP contribution in [0.3, 0.4) is 0 Å². The molecular formula is C40H62Br2N2S2. The third-order valence-corrected chi connectivity index (χ3v) is 12.7. The van der Waals surface area contributed by atoms with Gasteiger partial charge in [-0.25, -0.2) is 0 Å². The Balaban J connectivity index is 1.37. The molecule has 2 nitrogen and oxygen atoms in total. The summed E-state index contributed by atoms with van der Waals surface area (Å²) < 4.78 is 2.38. The molecule has 0 N–H and O–H groups in total. The number of rotatable bonds is 28. The molecule has 3 heterocycles. The lowest BCUT2D eigenvalue weighted by atomic mass is 10.0. The standard InChI is InChI=1S/C40H62Br2N2S2/c1-3-5-7-9-11-13-15-17-19-21-23-25-27-33-31-37(41)45-39(33)35-29-30-36(44-43-35)40-34(32-38(42)46-40)28-26-24-22-20-18-16-14-12-10-8-6-4-2/h29-32H,3-28H2,1-2H3. The molecule has 0 unspecified atom stereocenters. The first-order chi connectivity index (χ1) is 22.6. The Hall–Kier alpha value is -0.560. The normalized spacial score (nSPS) is 11.6. The summed E-state index contributed by atoms with van der Waals surface area (Å²) in [6, 6.07) is 8.98. The van der Waals surface area contributed by atoms with E-state index in [0.717, 1.165) is 24.2 Å². The van der Waals surface area contributed by atoms with Crippen molar-refractivity contribution in [2.24, 2.45) is 0 Å². The topological polar surface area (TPSA) is 25.8 Å². The lowest BCUT2D eigenvalue weighted by Gasteiger charge is -2.06. The van der Waals surface area contributed by atoms with Crippen LogP contribution in [0, 0.1) is 0 Å². The van der Waals surface area contributed by atoms with Crippen LogP contribution in [-0.4, -0.2) is 10.2 Å². The summed E-state index contributed by atoms with van der Waals surface area (Å²) in [6.07, 6.45) is 35.6. The minimum Gasteiger partial charge on any atom is -0.149 e. The Morgan fingerprint density at radius 2 is 0.717 bits per heavy atom. The second-order valence-electron chi connectivity index (χ2n) is 13.4. The highest BCUT2D eigenvalue weighted by Crippen LogP contribution is 2.38. The first-order valence-corrected chi connectivity index (χ1v) is 22.2. The van der Waals surface area contributed by atoms with Gasteiger partial charge < -0.3 is 0 Å². The third-order valence-electron chi connectivity index (χ3n) is 9.29. The first kappa shape index (κ1) is 39.9. The van der Waals surface area contributed by atoms with Crippen LogP contribution in [-0.2, 0) is 12.8 Å². The van der Waals surface area contributed by atoms with Gasteiger partial charge in [-0.15, -0.1) is 32.9 Å². The lowest BCUT2D eigenvalue weighted by Crippen LogP contribution is -1.93. The van der Waals surface area contributed by atoms with Crippen molar-refractivity contribution in [2.45, 2.75) is 181 Å². The maximum Gasteiger partial charge on any atom is 0.103 e. The summed E-state index contributed by atoms with van der Waals surface area (Å²) in [5, 5.41) is 9.51. The molecule has 0 spiro atoms. The molecule has 0 aromatic carbocycles. The molecule has 0 aliphatic heterocycles. The van der Waals surface area contributed by atoms with Gasteiger partial charge in [0.2, 0.25) is 0 Å². The molecule has 3 aromatic heterocycles. The summed E-state index contributed by atoms with van der Waals surface area (Å²) in [6.45, 7) is 4.59. The number of aryl methyl sites for hydroxylation is 2. The number of aromatic nitrogens is 2. The van der Waals surface area contributed by atoms with Crippen molar-refractivity contribution in [1.82, 2.24) is 10.2 Å². The van der Waals surface area contributed by atoms with E-state index in [0.29, 0.717) is 0 Å². The van der Waals surface area contributed by atoms with Gasteiger partial charge >= 0.3 is 0 Å². The Bertz CT molecular complexity index is 1080. The van der Waals surface area contributed by atoms with E-state index in [1.165, 1.54) is 183 Å². The zero-order chi connectivity index (χ0) is 32.7. The first-order valence-electron chi connectivity index (χ1n) is 19.0. The Morgan fingerprint density at radius 3 is 1.00 bits per heavy atom. The zero-order valence-corrected chi connectivity index (χ0v) is 34.0. The number of halogens is 2. The molecule has 258 valence electrons. The molecule has 0 radical (unpaired) electrons. The van der Waals surface area contributed by atoms with Crippen LogP contribution in [0.1, 0.15) is 179 Å². The van der Waals surface area contributed by atoms with E-state index in [4.69, 9.17) is 10.2 Å². The molecule has 0 fully saturated rings. The molecule has 0 atom stereocenters. The van der Waals surface area contributed by atoms with Crippen LogP contribution >= 0.6 is 54.5 Å². The SMILES string of the molecule is CCCCCCCCCCCCCCc1cc(Br)sc1-c1ccc(-c2sc(Br)cc2CCCCCCCCCCCCCC)nn1. The van der Waals surface area contributed by atoms with Gasteiger partial charge in [0.15, 0.2) is 0 Å². The van der Waals surface area contributed by atoms with Gasteiger partial charge in [-0.1, -0.05) is 155 Å². The number of hydrogen-bond donors (Lipinski definition) is 0. The summed E-state index contributed by atoms with van der Waals surface area (Å²) >= 11 is 11.1. The highest BCUT2D eigenvalue weighted by molar-refractivity contribution is 9.11. The van der Waals surface area contributed by atoms with Gasteiger partial charge in [0.05, 0.1) is 17.3 Å². The maximum absolute atomic E-state index is 4.76. The van der Waals surface area contributed by atoms with Crippen molar-refractivity contribution in [2.75, 3.05) is 0 Å².